The summed E-state index contributed by atoms with van der Waals surface area (Å²) < 4.78 is 0. The van der Waals surface area contributed by atoms with Crippen LogP contribution < -0.4 is 16.4 Å². The first-order valence-corrected chi connectivity index (χ1v) is 6.86. The van der Waals surface area contributed by atoms with Gasteiger partial charge in [-0.25, -0.2) is 0 Å². The zero-order valence-corrected chi connectivity index (χ0v) is 11.6. The molecule has 5 heteroatoms. The molecule has 1 aromatic carbocycles. The van der Waals surface area contributed by atoms with Crippen molar-refractivity contribution in [2.24, 2.45) is 5.73 Å². The van der Waals surface area contributed by atoms with Crippen LogP contribution in [-0.2, 0) is 0 Å². The first kappa shape index (κ1) is 14.3. The molecule has 0 saturated heterocycles. The number of para-hydroxylation sites is 1. The van der Waals surface area contributed by atoms with E-state index >= 15 is 0 Å². The lowest BCUT2D eigenvalue weighted by Crippen LogP contribution is -2.24. The van der Waals surface area contributed by atoms with E-state index in [-0.39, 0.29) is 0 Å². The van der Waals surface area contributed by atoms with Crippen LogP contribution in [-0.4, -0.2) is 30.5 Å². The monoisotopic (exact) mass is 272 g/mol. The Labute approximate surface area is 118 Å². The number of nitrogens with two attached hydrogens (primary N) is 1. The third kappa shape index (κ3) is 3.24. The maximum Gasteiger partial charge on any atom is 0.252 e. The van der Waals surface area contributed by atoms with Crippen LogP contribution in [0.2, 0.25) is 0 Å². The number of pyridine rings is 1. The Kier molecular flexibility index (Phi) is 4.90. The number of nitrogens with one attached hydrogen (secondary N) is 2. The van der Waals surface area contributed by atoms with Crippen molar-refractivity contribution in [1.82, 2.24) is 10.3 Å². The van der Waals surface area contributed by atoms with Gasteiger partial charge in [-0.1, -0.05) is 25.1 Å². The zero-order chi connectivity index (χ0) is 14.4. The lowest BCUT2D eigenvalue weighted by molar-refractivity contribution is 0.100. The van der Waals surface area contributed by atoms with Gasteiger partial charge in [-0.2, -0.15) is 0 Å². The molecule has 0 saturated carbocycles. The van der Waals surface area contributed by atoms with Crippen molar-refractivity contribution in [3.05, 3.63) is 36.0 Å². The number of hydrogen-bond acceptors (Lipinski definition) is 4. The maximum atomic E-state index is 11.5. The number of rotatable bonds is 7. The summed E-state index contributed by atoms with van der Waals surface area (Å²) in [6, 6.07) is 7.71. The van der Waals surface area contributed by atoms with Crippen molar-refractivity contribution in [3.63, 3.8) is 0 Å². The highest BCUT2D eigenvalue weighted by Gasteiger charge is 2.12. The van der Waals surface area contributed by atoms with Crippen LogP contribution >= 0.6 is 0 Å². The van der Waals surface area contributed by atoms with E-state index in [0.29, 0.717) is 5.56 Å². The van der Waals surface area contributed by atoms with Gasteiger partial charge >= 0.3 is 0 Å². The summed E-state index contributed by atoms with van der Waals surface area (Å²) in [5.74, 6) is -0.465. The van der Waals surface area contributed by atoms with Crippen LogP contribution in [0.4, 0.5) is 5.69 Å². The van der Waals surface area contributed by atoms with Crippen LogP contribution in [0, 0.1) is 0 Å². The number of carbonyl (C=O) groups excluding carboxylic acids is 1. The Morgan fingerprint density at radius 1 is 1.25 bits per heavy atom. The fourth-order valence-corrected chi connectivity index (χ4v) is 2.10. The highest BCUT2D eigenvalue weighted by atomic mass is 16.1. The summed E-state index contributed by atoms with van der Waals surface area (Å²) in [4.78, 5) is 15.8. The fraction of sp³-hybridized carbons (Fsp3) is 0.333. The minimum absolute atomic E-state index is 0.430. The van der Waals surface area contributed by atoms with Gasteiger partial charge in [-0.3, -0.25) is 9.78 Å². The minimum atomic E-state index is -0.465. The molecule has 0 aliphatic rings. The smallest absolute Gasteiger partial charge is 0.252 e. The lowest BCUT2D eigenvalue weighted by Gasteiger charge is -2.13. The molecule has 0 aliphatic carbocycles. The number of amides is 1. The Morgan fingerprint density at radius 3 is 2.80 bits per heavy atom. The highest BCUT2D eigenvalue weighted by Crippen LogP contribution is 2.25. The van der Waals surface area contributed by atoms with E-state index in [0.717, 1.165) is 42.6 Å². The second kappa shape index (κ2) is 6.86. The van der Waals surface area contributed by atoms with E-state index in [2.05, 4.69) is 22.5 Å². The number of fused-ring (bicyclic) bond motifs is 1. The average Bonchev–Trinajstić information content (AvgIpc) is 2.46. The fourth-order valence-electron chi connectivity index (χ4n) is 2.10. The first-order valence-electron chi connectivity index (χ1n) is 6.86. The molecule has 2 rings (SSSR count). The quantitative estimate of drug-likeness (QED) is 0.671. The molecular weight excluding hydrogens is 252 g/mol. The molecule has 1 amide bonds. The summed E-state index contributed by atoms with van der Waals surface area (Å²) >= 11 is 0. The van der Waals surface area contributed by atoms with Crippen LogP contribution in [0.15, 0.2) is 30.5 Å². The molecule has 4 N–H and O–H groups in total. The topological polar surface area (TPSA) is 80.0 Å². The first-order chi connectivity index (χ1) is 9.74. The third-order valence-electron chi connectivity index (χ3n) is 3.07. The molecule has 20 heavy (non-hydrogen) atoms. The van der Waals surface area contributed by atoms with E-state index in [9.17, 15) is 4.79 Å². The molecule has 1 aromatic heterocycles. The van der Waals surface area contributed by atoms with Crippen LogP contribution in [0.5, 0.6) is 0 Å². The van der Waals surface area contributed by atoms with Gasteiger partial charge < -0.3 is 16.4 Å². The third-order valence-corrected chi connectivity index (χ3v) is 3.07. The molecule has 0 bridgehead atoms. The molecule has 2 aromatic rings. The van der Waals surface area contributed by atoms with E-state index in [1.807, 2.05) is 24.3 Å². The summed E-state index contributed by atoms with van der Waals surface area (Å²) in [6.45, 7) is 4.68. The van der Waals surface area contributed by atoms with Gasteiger partial charge in [0.15, 0.2) is 0 Å². The summed E-state index contributed by atoms with van der Waals surface area (Å²) in [5, 5.41) is 7.52. The molecular formula is C15H20N4O. The van der Waals surface area contributed by atoms with Gasteiger partial charge in [0.25, 0.3) is 5.91 Å². The lowest BCUT2D eigenvalue weighted by atomic mass is 10.1. The van der Waals surface area contributed by atoms with Gasteiger partial charge in [0.1, 0.15) is 0 Å². The number of hydrogen-bond donors (Lipinski definition) is 3. The zero-order valence-electron chi connectivity index (χ0n) is 11.6. The van der Waals surface area contributed by atoms with Crippen molar-refractivity contribution in [2.45, 2.75) is 13.3 Å². The molecule has 0 aliphatic heterocycles. The average molecular weight is 272 g/mol. The summed E-state index contributed by atoms with van der Waals surface area (Å²) in [7, 11) is 0. The number of aromatic nitrogens is 1. The van der Waals surface area contributed by atoms with Crippen molar-refractivity contribution in [1.29, 1.82) is 0 Å². The van der Waals surface area contributed by atoms with Gasteiger partial charge in [0.2, 0.25) is 0 Å². The number of primary amides is 1. The van der Waals surface area contributed by atoms with Gasteiger partial charge in [-0.15, -0.1) is 0 Å². The predicted octanol–water partition coefficient (Wildman–Crippen LogP) is 1.75. The van der Waals surface area contributed by atoms with E-state index in [1.54, 1.807) is 0 Å². The van der Waals surface area contributed by atoms with E-state index in [4.69, 9.17) is 5.73 Å². The number of carbonyl (C=O) groups is 1. The van der Waals surface area contributed by atoms with Crippen molar-refractivity contribution >= 4 is 22.5 Å². The Balaban J connectivity index is 2.23. The van der Waals surface area contributed by atoms with Crippen LogP contribution in [0.25, 0.3) is 10.9 Å². The molecule has 1 heterocycles. The summed E-state index contributed by atoms with van der Waals surface area (Å²) in [6.07, 6.45) is 2.64. The van der Waals surface area contributed by atoms with Crippen molar-refractivity contribution < 1.29 is 4.79 Å². The van der Waals surface area contributed by atoms with E-state index in [1.165, 1.54) is 6.20 Å². The molecule has 0 unspecified atom stereocenters. The van der Waals surface area contributed by atoms with Crippen molar-refractivity contribution in [2.75, 3.05) is 25.0 Å². The van der Waals surface area contributed by atoms with E-state index < -0.39 is 5.91 Å². The highest BCUT2D eigenvalue weighted by molar-refractivity contribution is 6.06. The SMILES string of the molecule is CCCNCCNc1c(C(N)=O)cnc2ccccc12. The van der Waals surface area contributed by atoms with Crippen LogP contribution in [0.1, 0.15) is 23.7 Å². The normalized spacial score (nSPS) is 10.7. The molecule has 106 valence electrons. The number of anilines is 1. The largest absolute Gasteiger partial charge is 0.383 e. The van der Waals surface area contributed by atoms with Gasteiger partial charge in [0.05, 0.1) is 16.8 Å². The number of benzene rings is 1. The van der Waals surface area contributed by atoms with Gasteiger partial charge in [-0.05, 0) is 19.0 Å². The van der Waals surface area contributed by atoms with Gasteiger partial charge in [0, 0.05) is 24.7 Å². The predicted molar refractivity (Wildman–Crippen MR) is 81.9 cm³/mol. The second-order valence-corrected chi connectivity index (χ2v) is 4.61. The summed E-state index contributed by atoms with van der Waals surface area (Å²) in [5.41, 5.74) is 7.47. The number of nitrogens with zero attached hydrogens (tertiary/aromatic N) is 1. The molecule has 0 radical (unpaired) electrons. The maximum absolute atomic E-state index is 11.5. The molecule has 0 spiro atoms. The Morgan fingerprint density at radius 2 is 2.05 bits per heavy atom. The second-order valence-electron chi connectivity index (χ2n) is 4.61. The standard InChI is InChI=1S/C15H20N4O/c1-2-7-17-8-9-18-14-11-5-3-4-6-13(11)19-10-12(14)15(16)20/h3-6,10,17H,2,7-9H2,1H3,(H2,16,20)(H,18,19). The minimum Gasteiger partial charge on any atom is -0.383 e. The molecule has 5 nitrogen and oxygen atoms in total. The van der Waals surface area contributed by atoms with Crippen LogP contribution in [0.3, 0.4) is 0 Å². The van der Waals surface area contributed by atoms with Crippen molar-refractivity contribution in [3.8, 4) is 0 Å². The molecule has 0 fully saturated rings. The Hall–Kier alpha value is -2.14. The molecule has 0 atom stereocenters. The Bertz CT molecular complexity index is 597.